The van der Waals surface area contributed by atoms with Gasteiger partial charge in [0.15, 0.2) is 0 Å². The molecule has 0 radical (unpaired) electrons. The van der Waals surface area contributed by atoms with E-state index in [0.717, 1.165) is 11.1 Å². The molecule has 0 aromatic heterocycles. The van der Waals surface area contributed by atoms with Gasteiger partial charge < -0.3 is 9.84 Å². The van der Waals surface area contributed by atoms with Gasteiger partial charge in [-0.3, -0.25) is 0 Å². The van der Waals surface area contributed by atoms with Gasteiger partial charge in [-0.05, 0) is 50.8 Å². The molecule has 0 saturated carbocycles. The average Bonchev–Trinajstić information content (AvgIpc) is 2.24. The summed E-state index contributed by atoms with van der Waals surface area (Å²) in [6.07, 6.45) is 0.548. The molecule has 2 unspecified atom stereocenters. The average molecular weight is 240 g/mol. The van der Waals surface area contributed by atoms with Gasteiger partial charge in [0.25, 0.3) is 0 Å². The molecular weight excluding hydrogens is 219 g/mol. The maximum absolute atomic E-state index is 13.8. The summed E-state index contributed by atoms with van der Waals surface area (Å²) in [4.78, 5) is 0. The molecule has 0 aliphatic carbocycles. The van der Waals surface area contributed by atoms with Crippen molar-refractivity contribution in [2.75, 3.05) is 7.11 Å². The van der Waals surface area contributed by atoms with Crippen LogP contribution in [0.5, 0.6) is 0 Å². The van der Waals surface area contributed by atoms with Gasteiger partial charge in [0.2, 0.25) is 0 Å². The van der Waals surface area contributed by atoms with Crippen LogP contribution in [0.15, 0.2) is 12.1 Å². The number of aliphatic hydroxyl groups excluding tert-OH is 1. The van der Waals surface area contributed by atoms with Crippen molar-refractivity contribution in [3.05, 3.63) is 34.6 Å². The van der Waals surface area contributed by atoms with E-state index in [1.807, 2.05) is 26.8 Å². The molecule has 1 aromatic rings. The van der Waals surface area contributed by atoms with E-state index in [4.69, 9.17) is 4.74 Å². The number of methoxy groups -OCH3 is 1. The van der Waals surface area contributed by atoms with E-state index in [0.29, 0.717) is 18.4 Å². The Bertz CT molecular complexity index is 353. The molecule has 0 heterocycles. The van der Waals surface area contributed by atoms with Crippen LogP contribution in [-0.4, -0.2) is 18.3 Å². The SMILES string of the molecule is COC(C)CCC(O)c1c(C)cc(C)cc1F. The predicted octanol–water partition coefficient (Wildman–Crippen LogP) is 3.29. The summed E-state index contributed by atoms with van der Waals surface area (Å²) in [6, 6.07) is 3.35. The lowest BCUT2D eigenvalue weighted by Gasteiger charge is -2.17. The van der Waals surface area contributed by atoms with Crippen LogP contribution in [0.1, 0.15) is 42.6 Å². The first kappa shape index (κ1) is 14.1. The molecule has 1 N–H and O–H groups in total. The number of aryl methyl sites for hydroxylation is 2. The largest absolute Gasteiger partial charge is 0.388 e. The molecule has 0 bridgehead atoms. The van der Waals surface area contributed by atoms with Crippen molar-refractivity contribution in [2.45, 2.75) is 45.8 Å². The monoisotopic (exact) mass is 240 g/mol. The van der Waals surface area contributed by atoms with Crippen LogP contribution < -0.4 is 0 Å². The number of hydrogen-bond donors (Lipinski definition) is 1. The first-order chi connectivity index (χ1) is 7.95. The Balaban J connectivity index is 2.78. The van der Waals surface area contributed by atoms with Gasteiger partial charge in [-0.1, -0.05) is 6.07 Å². The van der Waals surface area contributed by atoms with Gasteiger partial charge in [-0.15, -0.1) is 0 Å². The molecule has 0 fully saturated rings. The summed E-state index contributed by atoms with van der Waals surface area (Å²) >= 11 is 0. The van der Waals surface area contributed by atoms with Gasteiger partial charge >= 0.3 is 0 Å². The van der Waals surface area contributed by atoms with Gasteiger partial charge in [-0.25, -0.2) is 4.39 Å². The Morgan fingerprint density at radius 3 is 2.47 bits per heavy atom. The van der Waals surface area contributed by atoms with Crippen LogP contribution in [0.25, 0.3) is 0 Å². The van der Waals surface area contributed by atoms with E-state index < -0.39 is 6.10 Å². The van der Waals surface area contributed by atoms with Crippen LogP contribution in [0.2, 0.25) is 0 Å². The van der Waals surface area contributed by atoms with Crippen LogP contribution in [0.4, 0.5) is 4.39 Å². The lowest BCUT2D eigenvalue weighted by atomic mass is 9.96. The van der Waals surface area contributed by atoms with E-state index in [2.05, 4.69) is 0 Å². The molecule has 0 aliphatic rings. The highest BCUT2D eigenvalue weighted by Crippen LogP contribution is 2.26. The summed E-state index contributed by atoms with van der Waals surface area (Å²) in [5.41, 5.74) is 2.10. The quantitative estimate of drug-likeness (QED) is 0.855. The first-order valence-corrected chi connectivity index (χ1v) is 5.93. The smallest absolute Gasteiger partial charge is 0.129 e. The third-order valence-corrected chi connectivity index (χ3v) is 3.06. The lowest BCUT2D eigenvalue weighted by Crippen LogP contribution is -2.10. The van der Waals surface area contributed by atoms with Crippen LogP contribution in [0.3, 0.4) is 0 Å². The van der Waals surface area contributed by atoms with Crippen molar-refractivity contribution in [3.63, 3.8) is 0 Å². The van der Waals surface area contributed by atoms with Crippen molar-refractivity contribution >= 4 is 0 Å². The van der Waals surface area contributed by atoms with Gasteiger partial charge in [-0.2, -0.15) is 0 Å². The Morgan fingerprint density at radius 1 is 1.29 bits per heavy atom. The fourth-order valence-corrected chi connectivity index (χ4v) is 2.00. The minimum absolute atomic E-state index is 0.0819. The van der Waals surface area contributed by atoms with Crippen molar-refractivity contribution in [2.24, 2.45) is 0 Å². The number of rotatable bonds is 5. The summed E-state index contributed by atoms with van der Waals surface area (Å²) in [6.45, 7) is 5.61. The van der Waals surface area contributed by atoms with Gasteiger partial charge in [0.1, 0.15) is 5.82 Å². The van der Waals surface area contributed by atoms with Crippen LogP contribution in [-0.2, 0) is 4.74 Å². The van der Waals surface area contributed by atoms with Crippen LogP contribution in [0, 0.1) is 19.7 Å². The van der Waals surface area contributed by atoms with Gasteiger partial charge in [0.05, 0.1) is 12.2 Å². The van der Waals surface area contributed by atoms with Crippen molar-refractivity contribution in [1.29, 1.82) is 0 Å². The van der Waals surface area contributed by atoms with E-state index >= 15 is 0 Å². The third kappa shape index (κ3) is 3.79. The number of aliphatic hydroxyl groups is 1. The molecule has 1 aromatic carbocycles. The van der Waals surface area contributed by atoms with Crippen molar-refractivity contribution < 1.29 is 14.2 Å². The standard InChI is InChI=1S/C14H21FO2/c1-9-7-10(2)14(12(15)8-9)13(16)6-5-11(3)17-4/h7-8,11,13,16H,5-6H2,1-4H3. The Hall–Kier alpha value is -0.930. The van der Waals surface area contributed by atoms with Gasteiger partial charge in [0, 0.05) is 12.7 Å². The maximum Gasteiger partial charge on any atom is 0.129 e. The summed E-state index contributed by atoms with van der Waals surface area (Å²) < 4.78 is 18.9. The molecule has 2 nitrogen and oxygen atoms in total. The Morgan fingerprint density at radius 2 is 1.94 bits per heavy atom. The Kier molecular flexibility index (Phi) is 5.09. The molecule has 0 aliphatic heterocycles. The normalized spacial score (nSPS) is 14.7. The van der Waals surface area contributed by atoms with Crippen molar-refractivity contribution in [3.8, 4) is 0 Å². The zero-order chi connectivity index (χ0) is 13.0. The minimum atomic E-state index is -0.756. The second-order valence-electron chi connectivity index (χ2n) is 4.62. The molecule has 96 valence electrons. The first-order valence-electron chi connectivity index (χ1n) is 5.93. The molecule has 1 rings (SSSR count). The molecule has 0 spiro atoms. The number of halogens is 1. The third-order valence-electron chi connectivity index (χ3n) is 3.06. The fourth-order valence-electron chi connectivity index (χ4n) is 2.00. The Labute approximate surface area is 102 Å². The molecule has 0 saturated heterocycles. The van der Waals surface area contributed by atoms with Crippen molar-refractivity contribution in [1.82, 2.24) is 0 Å². The number of hydrogen-bond acceptors (Lipinski definition) is 2. The predicted molar refractivity (Wildman–Crippen MR) is 66.5 cm³/mol. The topological polar surface area (TPSA) is 29.5 Å². The highest BCUT2D eigenvalue weighted by atomic mass is 19.1. The number of benzene rings is 1. The minimum Gasteiger partial charge on any atom is -0.388 e. The highest BCUT2D eigenvalue weighted by molar-refractivity contribution is 5.33. The molecule has 17 heavy (non-hydrogen) atoms. The van der Waals surface area contributed by atoms with E-state index in [1.54, 1.807) is 7.11 Å². The fraction of sp³-hybridized carbons (Fsp3) is 0.571. The second-order valence-corrected chi connectivity index (χ2v) is 4.62. The summed E-state index contributed by atoms with van der Waals surface area (Å²) in [5, 5.41) is 10.0. The zero-order valence-corrected chi connectivity index (χ0v) is 11.0. The zero-order valence-electron chi connectivity index (χ0n) is 11.0. The summed E-state index contributed by atoms with van der Waals surface area (Å²) in [7, 11) is 1.63. The van der Waals surface area contributed by atoms with E-state index in [9.17, 15) is 9.50 Å². The molecule has 3 heteroatoms. The highest BCUT2D eigenvalue weighted by Gasteiger charge is 2.16. The van der Waals surface area contributed by atoms with E-state index in [-0.39, 0.29) is 11.9 Å². The lowest BCUT2D eigenvalue weighted by molar-refractivity contribution is 0.0839. The maximum atomic E-state index is 13.8. The molecule has 0 amide bonds. The molecular formula is C14H21FO2. The van der Waals surface area contributed by atoms with Crippen LogP contribution >= 0.6 is 0 Å². The van der Waals surface area contributed by atoms with E-state index in [1.165, 1.54) is 6.07 Å². The second kappa shape index (κ2) is 6.12. The summed E-state index contributed by atoms with van der Waals surface area (Å²) in [5.74, 6) is -0.319. The molecule has 2 atom stereocenters. The number of ether oxygens (including phenoxy) is 1.